The van der Waals surface area contributed by atoms with Crippen LogP contribution in [-0.4, -0.2) is 17.8 Å². The number of anilines is 1. The van der Waals surface area contributed by atoms with Crippen molar-refractivity contribution in [1.82, 2.24) is 0 Å². The van der Waals surface area contributed by atoms with E-state index in [4.69, 9.17) is 10.5 Å². The van der Waals surface area contributed by atoms with Gasteiger partial charge in [0.1, 0.15) is 10.8 Å². The van der Waals surface area contributed by atoms with E-state index in [0.717, 1.165) is 41.8 Å². The maximum atomic E-state index is 13.1. The van der Waals surface area contributed by atoms with Gasteiger partial charge in [-0.1, -0.05) is 12.1 Å². The highest BCUT2D eigenvalue weighted by Crippen LogP contribution is 2.39. The standard InChI is InChI=1S/C19H19FN2O4S/c1-10(23)22-18-15(13-4-2-3-5-14(13)27-18)19(25)26-16(17(21)24)11-6-8-12(20)9-7-11/h6-9,16H,2-5H2,1H3,(H2,21,24)(H,22,23)/t16-/m1/s1. The molecule has 27 heavy (non-hydrogen) atoms. The van der Waals surface area contributed by atoms with Crippen LogP contribution in [0.25, 0.3) is 0 Å². The van der Waals surface area contributed by atoms with E-state index in [1.54, 1.807) is 0 Å². The quantitative estimate of drug-likeness (QED) is 0.767. The SMILES string of the molecule is CC(=O)Nc1sc2c(c1C(=O)O[C@@H](C(N)=O)c1ccc(F)cc1)CCCC2. The lowest BCUT2D eigenvalue weighted by Crippen LogP contribution is -2.27. The maximum Gasteiger partial charge on any atom is 0.342 e. The molecule has 0 radical (unpaired) electrons. The molecular weight excluding hydrogens is 371 g/mol. The number of nitrogens with one attached hydrogen (secondary N) is 1. The van der Waals surface area contributed by atoms with Crippen molar-refractivity contribution >= 4 is 34.1 Å². The van der Waals surface area contributed by atoms with Crippen molar-refractivity contribution < 1.29 is 23.5 Å². The third kappa shape index (κ3) is 4.16. The van der Waals surface area contributed by atoms with Gasteiger partial charge in [-0.25, -0.2) is 9.18 Å². The van der Waals surface area contributed by atoms with Gasteiger partial charge in [0.15, 0.2) is 0 Å². The third-order valence-corrected chi connectivity index (χ3v) is 5.53. The Morgan fingerprint density at radius 3 is 2.48 bits per heavy atom. The molecule has 0 saturated heterocycles. The predicted octanol–water partition coefficient (Wildman–Crippen LogP) is 3.11. The number of primary amides is 1. The van der Waals surface area contributed by atoms with Crippen LogP contribution in [-0.2, 0) is 27.2 Å². The monoisotopic (exact) mass is 390 g/mol. The van der Waals surface area contributed by atoms with Gasteiger partial charge in [-0.15, -0.1) is 11.3 Å². The fraction of sp³-hybridized carbons (Fsp3) is 0.316. The summed E-state index contributed by atoms with van der Waals surface area (Å²) in [4.78, 5) is 37.3. The van der Waals surface area contributed by atoms with E-state index in [0.29, 0.717) is 11.4 Å². The molecule has 1 aliphatic carbocycles. The molecule has 1 heterocycles. The minimum absolute atomic E-state index is 0.276. The van der Waals surface area contributed by atoms with Gasteiger partial charge in [0, 0.05) is 17.4 Å². The highest BCUT2D eigenvalue weighted by atomic mass is 32.1. The Balaban J connectivity index is 1.94. The summed E-state index contributed by atoms with van der Waals surface area (Å²) in [6.07, 6.45) is 2.13. The molecule has 2 aromatic rings. The van der Waals surface area contributed by atoms with Crippen molar-refractivity contribution in [3.05, 3.63) is 51.7 Å². The first-order chi connectivity index (χ1) is 12.9. The van der Waals surface area contributed by atoms with E-state index in [1.165, 1.54) is 30.4 Å². The number of thiophene rings is 1. The summed E-state index contributed by atoms with van der Waals surface area (Å²) in [5.41, 5.74) is 6.79. The molecule has 6 nitrogen and oxygen atoms in total. The Morgan fingerprint density at radius 2 is 1.85 bits per heavy atom. The summed E-state index contributed by atoms with van der Waals surface area (Å²) < 4.78 is 18.5. The van der Waals surface area contributed by atoms with Crippen LogP contribution in [0.5, 0.6) is 0 Å². The Morgan fingerprint density at radius 1 is 1.19 bits per heavy atom. The molecule has 3 rings (SSSR count). The minimum Gasteiger partial charge on any atom is -0.444 e. The Labute approximate surface area is 159 Å². The van der Waals surface area contributed by atoms with Crippen LogP contribution in [0.2, 0.25) is 0 Å². The highest BCUT2D eigenvalue weighted by Gasteiger charge is 2.30. The van der Waals surface area contributed by atoms with Gasteiger partial charge in [-0.05, 0) is 43.4 Å². The molecule has 0 spiro atoms. The summed E-state index contributed by atoms with van der Waals surface area (Å²) in [5, 5.41) is 3.09. The van der Waals surface area contributed by atoms with Crippen molar-refractivity contribution in [1.29, 1.82) is 0 Å². The topological polar surface area (TPSA) is 98.5 Å². The predicted molar refractivity (Wildman–Crippen MR) is 99.0 cm³/mol. The van der Waals surface area contributed by atoms with Crippen LogP contribution in [0.3, 0.4) is 0 Å². The van der Waals surface area contributed by atoms with Crippen molar-refractivity contribution in [3.63, 3.8) is 0 Å². The molecule has 1 atom stereocenters. The van der Waals surface area contributed by atoms with Gasteiger partial charge < -0.3 is 15.8 Å². The summed E-state index contributed by atoms with van der Waals surface area (Å²) in [6.45, 7) is 1.36. The van der Waals surface area contributed by atoms with Crippen molar-refractivity contribution in [2.45, 2.75) is 38.7 Å². The van der Waals surface area contributed by atoms with Crippen LogP contribution in [0.1, 0.15) is 52.2 Å². The second kappa shape index (κ2) is 7.87. The Hall–Kier alpha value is -2.74. The normalized spacial score (nSPS) is 14.1. The summed E-state index contributed by atoms with van der Waals surface area (Å²) in [7, 11) is 0. The number of halogens is 1. The van der Waals surface area contributed by atoms with E-state index in [2.05, 4.69) is 5.32 Å². The molecular formula is C19H19FN2O4S. The van der Waals surface area contributed by atoms with Crippen LogP contribution in [0.4, 0.5) is 9.39 Å². The number of nitrogens with two attached hydrogens (primary N) is 1. The zero-order valence-corrected chi connectivity index (χ0v) is 15.5. The van der Waals surface area contributed by atoms with Crippen LogP contribution < -0.4 is 11.1 Å². The summed E-state index contributed by atoms with van der Waals surface area (Å²) in [5.74, 6) is -2.37. The number of benzene rings is 1. The van der Waals surface area contributed by atoms with Crippen molar-refractivity contribution in [2.75, 3.05) is 5.32 Å². The molecule has 0 aliphatic heterocycles. The number of carbonyl (C=O) groups is 3. The number of ether oxygens (including phenoxy) is 1. The van der Waals surface area contributed by atoms with Gasteiger partial charge in [0.25, 0.3) is 5.91 Å². The second-order valence-electron chi connectivity index (χ2n) is 6.34. The first-order valence-corrected chi connectivity index (χ1v) is 9.36. The molecule has 0 unspecified atom stereocenters. The van der Waals surface area contributed by atoms with Gasteiger partial charge in [0.2, 0.25) is 12.0 Å². The highest BCUT2D eigenvalue weighted by molar-refractivity contribution is 7.17. The zero-order valence-electron chi connectivity index (χ0n) is 14.7. The van der Waals surface area contributed by atoms with Gasteiger partial charge >= 0.3 is 5.97 Å². The number of amides is 2. The lowest BCUT2D eigenvalue weighted by molar-refractivity contribution is -0.127. The van der Waals surface area contributed by atoms with E-state index in [1.807, 2.05) is 0 Å². The maximum absolute atomic E-state index is 13.1. The summed E-state index contributed by atoms with van der Waals surface area (Å²) in [6, 6.07) is 5.01. The van der Waals surface area contributed by atoms with E-state index < -0.39 is 23.8 Å². The van der Waals surface area contributed by atoms with E-state index in [-0.39, 0.29) is 17.0 Å². The average molecular weight is 390 g/mol. The first-order valence-electron chi connectivity index (χ1n) is 8.54. The molecule has 1 aliphatic rings. The van der Waals surface area contributed by atoms with Crippen LogP contribution in [0.15, 0.2) is 24.3 Å². The molecule has 0 saturated carbocycles. The number of esters is 1. The first kappa shape index (κ1) is 19.0. The fourth-order valence-electron chi connectivity index (χ4n) is 3.12. The molecule has 2 amide bonds. The fourth-order valence-corrected chi connectivity index (χ4v) is 4.45. The lowest BCUT2D eigenvalue weighted by atomic mass is 9.95. The average Bonchev–Trinajstić information content (AvgIpc) is 2.97. The van der Waals surface area contributed by atoms with Crippen LogP contribution in [0, 0.1) is 5.82 Å². The van der Waals surface area contributed by atoms with Crippen LogP contribution >= 0.6 is 11.3 Å². The summed E-state index contributed by atoms with van der Waals surface area (Å²) >= 11 is 1.35. The van der Waals surface area contributed by atoms with Crippen molar-refractivity contribution in [2.24, 2.45) is 5.73 Å². The largest absolute Gasteiger partial charge is 0.444 e. The third-order valence-electron chi connectivity index (χ3n) is 4.32. The lowest BCUT2D eigenvalue weighted by Gasteiger charge is -2.17. The van der Waals surface area contributed by atoms with Gasteiger partial charge in [-0.3, -0.25) is 9.59 Å². The molecule has 1 aromatic carbocycles. The second-order valence-corrected chi connectivity index (χ2v) is 7.44. The van der Waals surface area contributed by atoms with E-state index in [9.17, 15) is 18.8 Å². The van der Waals surface area contributed by atoms with Gasteiger partial charge in [0.05, 0.1) is 5.56 Å². The van der Waals surface area contributed by atoms with Gasteiger partial charge in [-0.2, -0.15) is 0 Å². The number of aryl methyl sites for hydroxylation is 1. The van der Waals surface area contributed by atoms with Crippen molar-refractivity contribution in [3.8, 4) is 0 Å². The minimum atomic E-state index is -1.34. The molecule has 1 aromatic heterocycles. The Kier molecular flexibility index (Phi) is 5.55. The molecule has 142 valence electrons. The molecule has 8 heteroatoms. The molecule has 0 fully saturated rings. The number of carbonyl (C=O) groups excluding carboxylic acids is 3. The number of fused-ring (bicyclic) bond motifs is 1. The molecule has 0 bridgehead atoms. The zero-order chi connectivity index (χ0) is 19.6. The number of rotatable bonds is 5. The Bertz CT molecular complexity index is 892. The number of hydrogen-bond acceptors (Lipinski definition) is 5. The smallest absolute Gasteiger partial charge is 0.342 e. The van der Waals surface area contributed by atoms with E-state index >= 15 is 0 Å². The molecule has 3 N–H and O–H groups in total. The number of hydrogen-bond donors (Lipinski definition) is 2.